The molecule has 1 aliphatic carbocycles. The van der Waals surface area contributed by atoms with E-state index < -0.39 is 23.1 Å². The Kier molecular flexibility index (Phi) is 6.04. The van der Waals surface area contributed by atoms with Crippen LogP contribution in [0.2, 0.25) is 0 Å². The molecular formula is C30H28O6. The minimum Gasteiger partial charge on any atom is -0.500 e. The Morgan fingerprint density at radius 3 is 2.33 bits per heavy atom. The zero-order chi connectivity index (χ0) is 25.4. The third kappa shape index (κ3) is 4.02. The lowest BCUT2D eigenvalue weighted by atomic mass is 9.49. The van der Waals surface area contributed by atoms with Crippen molar-refractivity contribution in [1.29, 1.82) is 0 Å². The van der Waals surface area contributed by atoms with Gasteiger partial charge in [0, 0.05) is 12.0 Å². The molecule has 6 heteroatoms. The van der Waals surface area contributed by atoms with Crippen molar-refractivity contribution < 1.29 is 23.4 Å². The topological polar surface area (TPSA) is 75.0 Å². The van der Waals surface area contributed by atoms with E-state index in [9.17, 15) is 9.59 Å². The molecule has 0 saturated heterocycles. The van der Waals surface area contributed by atoms with Crippen LogP contribution < -0.4 is 10.4 Å². The highest BCUT2D eigenvalue weighted by molar-refractivity contribution is 5.85. The SMILES string of the molecule is COC1=CC(=O)OC2(/C=C/c3cccc(C)c3)C1C(c1cccc(C)c1)C2c1cc(OC)cc(=O)o1. The Morgan fingerprint density at radius 1 is 0.889 bits per heavy atom. The predicted octanol–water partition coefficient (Wildman–Crippen LogP) is 5.30. The van der Waals surface area contributed by atoms with E-state index >= 15 is 0 Å². The summed E-state index contributed by atoms with van der Waals surface area (Å²) in [4.78, 5) is 25.3. The van der Waals surface area contributed by atoms with Gasteiger partial charge in [0.15, 0.2) is 5.60 Å². The Labute approximate surface area is 209 Å². The average Bonchev–Trinajstić information content (AvgIpc) is 2.84. The molecule has 1 fully saturated rings. The lowest BCUT2D eigenvalue weighted by Gasteiger charge is -2.59. The molecule has 0 N–H and O–H groups in total. The van der Waals surface area contributed by atoms with Gasteiger partial charge in [-0.25, -0.2) is 9.59 Å². The highest BCUT2D eigenvalue weighted by Gasteiger charge is 2.68. The molecule has 0 amide bonds. The molecule has 6 nitrogen and oxygen atoms in total. The molecule has 1 saturated carbocycles. The Hall–Kier alpha value is -4.06. The van der Waals surface area contributed by atoms with Gasteiger partial charge in [-0.1, -0.05) is 65.7 Å². The Morgan fingerprint density at radius 2 is 1.64 bits per heavy atom. The van der Waals surface area contributed by atoms with E-state index in [4.69, 9.17) is 18.6 Å². The summed E-state index contributed by atoms with van der Waals surface area (Å²) in [5.41, 5.74) is 2.57. The molecule has 5 rings (SSSR count). The van der Waals surface area contributed by atoms with Crippen molar-refractivity contribution in [2.75, 3.05) is 14.2 Å². The molecule has 4 atom stereocenters. The molecule has 0 spiro atoms. The van der Waals surface area contributed by atoms with E-state index in [0.717, 1.165) is 22.3 Å². The van der Waals surface area contributed by atoms with Crippen molar-refractivity contribution in [3.8, 4) is 5.75 Å². The van der Waals surface area contributed by atoms with E-state index in [1.807, 2.05) is 62.4 Å². The average molecular weight is 485 g/mol. The summed E-state index contributed by atoms with van der Waals surface area (Å²) < 4.78 is 23.0. The molecule has 2 aliphatic rings. The molecule has 36 heavy (non-hydrogen) atoms. The largest absolute Gasteiger partial charge is 0.500 e. The fourth-order valence-electron chi connectivity index (χ4n) is 5.60. The molecular weight excluding hydrogens is 456 g/mol. The maximum absolute atomic E-state index is 12.8. The van der Waals surface area contributed by atoms with Gasteiger partial charge in [0.25, 0.3) is 0 Å². The zero-order valence-corrected chi connectivity index (χ0v) is 20.7. The van der Waals surface area contributed by atoms with E-state index in [1.54, 1.807) is 13.2 Å². The van der Waals surface area contributed by atoms with E-state index in [-0.39, 0.29) is 11.8 Å². The van der Waals surface area contributed by atoms with Crippen LogP contribution in [-0.4, -0.2) is 25.8 Å². The van der Waals surface area contributed by atoms with Crippen LogP contribution >= 0.6 is 0 Å². The summed E-state index contributed by atoms with van der Waals surface area (Å²) in [6.45, 7) is 4.05. The second-order valence-corrected chi connectivity index (χ2v) is 9.39. The molecule has 1 aliphatic heterocycles. The molecule has 184 valence electrons. The summed E-state index contributed by atoms with van der Waals surface area (Å²) in [6.07, 6.45) is 5.26. The van der Waals surface area contributed by atoms with Crippen LogP contribution in [0.3, 0.4) is 0 Å². The summed E-state index contributed by atoms with van der Waals surface area (Å²) in [5.74, 6) is -0.179. The first kappa shape index (κ1) is 23.7. The van der Waals surface area contributed by atoms with E-state index in [2.05, 4.69) is 12.1 Å². The number of fused-ring (bicyclic) bond motifs is 1. The number of aryl methyl sites for hydroxylation is 2. The Balaban J connectivity index is 1.73. The van der Waals surface area contributed by atoms with Gasteiger partial charge in [0.05, 0.1) is 38.2 Å². The number of benzene rings is 2. The number of hydrogen-bond donors (Lipinski definition) is 0. The van der Waals surface area contributed by atoms with Gasteiger partial charge in [-0.2, -0.15) is 0 Å². The molecule has 4 unspecified atom stereocenters. The summed E-state index contributed by atoms with van der Waals surface area (Å²) >= 11 is 0. The van der Waals surface area contributed by atoms with E-state index in [0.29, 0.717) is 17.3 Å². The van der Waals surface area contributed by atoms with Crippen molar-refractivity contribution in [2.45, 2.75) is 31.3 Å². The van der Waals surface area contributed by atoms with Gasteiger partial charge >= 0.3 is 11.6 Å². The number of rotatable bonds is 6. The molecule has 3 aromatic rings. The maximum Gasteiger partial charge on any atom is 0.339 e. The van der Waals surface area contributed by atoms with Crippen LogP contribution in [0.1, 0.15) is 39.8 Å². The molecule has 0 bridgehead atoms. The van der Waals surface area contributed by atoms with Gasteiger partial charge in [0.2, 0.25) is 0 Å². The van der Waals surface area contributed by atoms with Crippen LogP contribution in [-0.2, 0) is 14.3 Å². The number of ether oxygens (including phenoxy) is 3. The van der Waals surface area contributed by atoms with Crippen molar-refractivity contribution in [3.05, 3.63) is 117 Å². The first-order valence-corrected chi connectivity index (χ1v) is 11.8. The zero-order valence-electron chi connectivity index (χ0n) is 20.7. The van der Waals surface area contributed by atoms with Crippen LogP contribution in [0, 0.1) is 19.8 Å². The standard InChI is InChI=1S/C30H28O6/c1-18-7-5-9-20(13-18)11-12-30-28(23(34-4)17-26(32)36-30)27(21-10-6-8-19(2)14-21)29(30)24-15-22(33-3)16-25(31)35-24/h5-17,27-29H,1-4H3/b12-11+. The number of esters is 1. The monoisotopic (exact) mass is 484 g/mol. The summed E-state index contributed by atoms with van der Waals surface area (Å²) in [6, 6.07) is 19.2. The highest BCUT2D eigenvalue weighted by atomic mass is 16.6. The lowest BCUT2D eigenvalue weighted by molar-refractivity contribution is -0.182. The van der Waals surface area contributed by atoms with Gasteiger partial charge < -0.3 is 18.6 Å². The van der Waals surface area contributed by atoms with Crippen LogP contribution in [0.4, 0.5) is 0 Å². The number of hydrogen-bond acceptors (Lipinski definition) is 6. The normalized spacial score (nSPS) is 24.9. The summed E-state index contributed by atoms with van der Waals surface area (Å²) in [5, 5.41) is 0. The first-order chi connectivity index (χ1) is 17.3. The van der Waals surface area contributed by atoms with E-state index in [1.165, 1.54) is 19.3 Å². The molecule has 0 radical (unpaired) electrons. The quantitative estimate of drug-likeness (QED) is 0.442. The smallest absolute Gasteiger partial charge is 0.339 e. The van der Waals surface area contributed by atoms with Gasteiger partial charge in [-0.3, -0.25) is 0 Å². The molecule has 1 aromatic heterocycles. The number of carbonyl (C=O) groups is 1. The number of methoxy groups -OCH3 is 2. The highest BCUT2D eigenvalue weighted by Crippen LogP contribution is 2.66. The minimum atomic E-state index is -1.13. The van der Waals surface area contributed by atoms with Crippen molar-refractivity contribution in [3.63, 3.8) is 0 Å². The second-order valence-electron chi connectivity index (χ2n) is 9.39. The Bertz CT molecular complexity index is 1430. The van der Waals surface area contributed by atoms with Crippen LogP contribution in [0.25, 0.3) is 6.08 Å². The van der Waals surface area contributed by atoms with Gasteiger partial charge in [-0.15, -0.1) is 0 Å². The molecule has 2 aromatic carbocycles. The predicted molar refractivity (Wildman–Crippen MR) is 136 cm³/mol. The summed E-state index contributed by atoms with van der Waals surface area (Å²) in [7, 11) is 3.06. The fraction of sp³-hybridized carbons (Fsp3) is 0.267. The van der Waals surface area contributed by atoms with Crippen LogP contribution in [0.15, 0.2) is 87.8 Å². The minimum absolute atomic E-state index is 0.179. The van der Waals surface area contributed by atoms with Crippen molar-refractivity contribution in [1.82, 2.24) is 0 Å². The third-order valence-corrected chi connectivity index (χ3v) is 7.08. The van der Waals surface area contributed by atoms with Crippen LogP contribution in [0.5, 0.6) is 5.75 Å². The fourth-order valence-corrected chi connectivity index (χ4v) is 5.60. The van der Waals surface area contributed by atoms with Gasteiger partial charge in [-0.05, 0) is 31.1 Å². The van der Waals surface area contributed by atoms with Gasteiger partial charge in [0.1, 0.15) is 17.3 Å². The lowest BCUT2D eigenvalue weighted by Crippen LogP contribution is -2.63. The number of carbonyl (C=O) groups excluding carboxylic acids is 1. The second kappa shape index (κ2) is 9.19. The third-order valence-electron chi connectivity index (χ3n) is 7.08. The van der Waals surface area contributed by atoms with Crippen molar-refractivity contribution in [2.24, 2.45) is 5.92 Å². The van der Waals surface area contributed by atoms with Crippen molar-refractivity contribution >= 4 is 12.0 Å². The maximum atomic E-state index is 12.8. The first-order valence-electron chi connectivity index (χ1n) is 11.8. The molecule has 2 heterocycles.